The van der Waals surface area contributed by atoms with Crippen LogP contribution in [0.2, 0.25) is 0 Å². The number of halogens is 4. The Labute approximate surface area is 108 Å². The third kappa shape index (κ3) is 3.88. The molecule has 0 fully saturated rings. The molecule has 8 heteroatoms. The zero-order valence-electron chi connectivity index (χ0n) is 8.74. The van der Waals surface area contributed by atoms with Gasteiger partial charge in [0.05, 0.1) is 10.0 Å². The molecule has 1 atom stereocenters. The normalized spacial score (nSPS) is 13.2. The van der Waals surface area contributed by atoms with Crippen molar-refractivity contribution < 1.29 is 32.9 Å². The maximum absolute atomic E-state index is 12.0. The maximum atomic E-state index is 12.0. The van der Waals surface area contributed by atoms with Crippen molar-refractivity contribution in [3.8, 4) is 5.75 Å². The molecule has 18 heavy (non-hydrogen) atoms. The first-order valence-corrected chi connectivity index (χ1v) is 5.41. The third-order valence-corrected chi connectivity index (χ3v) is 2.57. The first-order chi connectivity index (χ1) is 8.21. The summed E-state index contributed by atoms with van der Waals surface area (Å²) in [4.78, 5) is 10.6. The highest BCUT2D eigenvalue weighted by atomic mass is 79.9. The summed E-state index contributed by atoms with van der Waals surface area (Å²) >= 11 is 2.96. The highest BCUT2D eigenvalue weighted by molar-refractivity contribution is 9.10. The van der Waals surface area contributed by atoms with E-state index in [0.717, 1.165) is 0 Å². The Hall–Kier alpha value is -1.28. The molecular weight excluding hydrogens is 321 g/mol. The lowest BCUT2D eigenvalue weighted by Crippen LogP contribution is -2.34. The molecule has 100 valence electrons. The van der Waals surface area contributed by atoms with Crippen LogP contribution in [0, 0.1) is 0 Å². The molecule has 2 N–H and O–H groups in total. The summed E-state index contributed by atoms with van der Waals surface area (Å²) in [7, 11) is 0. The van der Waals surface area contributed by atoms with Crippen molar-refractivity contribution in [2.45, 2.75) is 12.3 Å². The first kappa shape index (κ1) is 14.8. The Bertz CT molecular complexity index is 447. The number of ether oxygens (including phenoxy) is 1. The van der Waals surface area contributed by atoms with Gasteiger partial charge in [-0.3, -0.25) is 0 Å². The Morgan fingerprint density at radius 1 is 1.44 bits per heavy atom. The number of carboxylic acids is 1. The molecule has 0 radical (unpaired) electrons. The number of aliphatic hydroxyl groups excluding tert-OH is 1. The van der Waals surface area contributed by atoms with E-state index in [9.17, 15) is 18.0 Å². The Kier molecular flexibility index (Phi) is 4.58. The molecule has 1 rings (SSSR count). The van der Waals surface area contributed by atoms with E-state index in [1.807, 2.05) is 0 Å². The van der Waals surface area contributed by atoms with Gasteiger partial charge in [0.15, 0.2) is 6.10 Å². The lowest BCUT2D eigenvalue weighted by atomic mass is 10.2. The number of hydrogen-bond acceptors (Lipinski definition) is 3. The van der Waals surface area contributed by atoms with Crippen molar-refractivity contribution in [3.05, 3.63) is 28.2 Å². The topological polar surface area (TPSA) is 66.8 Å². The second-order valence-corrected chi connectivity index (χ2v) is 4.17. The SMILES string of the molecule is O=C(O)c1ccc(OCC(O)C(F)(F)F)c(Br)c1. The molecule has 0 saturated carbocycles. The van der Waals surface area contributed by atoms with Gasteiger partial charge in [-0.05, 0) is 34.1 Å². The van der Waals surface area contributed by atoms with Gasteiger partial charge in [-0.1, -0.05) is 0 Å². The summed E-state index contributed by atoms with van der Waals surface area (Å²) in [6.45, 7) is -0.964. The van der Waals surface area contributed by atoms with Gasteiger partial charge in [0.25, 0.3) is 0 Å². The summed E-state index contributed by atoms with van der Waals surface area (Å²) in [5, 5.41) is 17.4. The Morgan fingerprint density at radius 2 is 2.06 bits per heavy atom. The highest BCUT2D eigenvalue weighted by Crippen LogP contribution is 2.27. The Balaban J connectivity index is 2.72. The average Bonchev–Trinajstić information content (AvgIpc) is 2.25. The molecule has 0 heterocycles. The second kappa shape index (κ2) is 5.57. The number of benzene rings is 1. The zero-order chi connectivity index (χ0) is 13.9. The summed E-state index contributed by atoms with van der Waals surface area (Å²) in [6, 6.07) is 3.58. The molecule has 0 aromatic heterocycles. The van der Waals surface area contributed by atoms with Gasteiger partial charge in [0.1, 0.15) is 12.4 Å². The number of alkyl halides is 3. The standard InChI is InChI=1S/C10H8BrF3O4/c11-6-3-5(9(16)17)1-2-7(6)18-4-8(15)10(12,13)14/h1-3,8,15H,4H2,(H,16,17). The van der Waals surface area contributed by atoms with Crippen LogP contribution in [0.4, 0.5) is 13.2 Å². The minimum atomic E-state index is -4.76. The summed E-state index contributed by atoms with van der Waals surface area (Å²) < 4.78 is 41.0. The van der Waals surface area contributed by atoms with Gasteiger partial charge in [0.2, 0.25) is 0 Å². The predicted molar refractivity (Wildman–Crippen MR) is 58.7 cm³/mol. The number of rotatable bonds is 4. The van der Waals surface area contributed by atoms with Gasteiger partial charge in [-0.25, -0.2) is 4.79 Å². The van der Waals surface area contributed by atoms with E-state index in [0.29, 0.717) is 0 Å². The zero-order valence-corrected chi connectivity index (χ0v) is 10.3. The molecule has 1 unspecified atom stereocenters. The molecule has 0 spiro atoms. The van der Waals surface area contributed by atoms with E-state index >= 15 is 0 Å². The van der Waals surface area contributed by atoms with Gasteiger partial charge in [0, 0.05) is 0 Å². The van der Waals surface area contributed by atoms with E-state index in [-0.39, 0.29) is 15.8 Å². The highest BCUT2D eigenvalue weighted by Gasteiger charge is 2.38. The van der Waals surface area contributed by atoms with Gasteiger partial charge in [-0.2, -0.15) is 13.2 Å². The molecule has 4 nitrogen and oxygen atoms in total. The number of aromatic carboxylic acids is 1. The van der Waals surface area contributed by atoms with Crippen LogP contribution < -0.4 is 4.74 Å². The molecule has 0 saturated heterocycles. The van der Waals surface area contributed by atoms with Crippen LogP contribution >= 0.6 is 15.9 Å². The molecule has 1 aromatic carbocycles. The van der Waals surface area contributed by atoms with Crippen LogP contribution in [-0.2, 0) is 0 Å². The second-order valence-electron chi connectivity index (χ2n) is 3.32. The number of hydrogen-bond donors (Lipinski definition) is 2. The Morgan fingerprint density at radius 3 is 2.50 bits per heavy atom. The smallest absolute Gasteiger partial charge is 0.417 e. The number of aliphatic hydroxyl groups is 1. The molecule has 0 aliphatic carbocycles. The summed E-state index contributed by atoms with van der Waals surface area (Å²) in [5.74, 6) is -1.15. The molecule has 0 amide bonds. The fourth-order valence-electron chi connectivity index (χ4n) is 1.01. The van der Waals surface area contributed by atoms with Gasteiger partial charge < -0.3 is 14.9 Å². The van der Waals surface area contributed by atoms with Crippen LogP contribution in [0.15, 0.2) is 22.7 Å². The lowest BCUT2D eigenvalue weighted by Gasteiger charge is -2.16. The van der Waals surface area contributed by atoms with Crippen molar-refractivity contribution >= 4 is 21.9 Å². The predicted octanol–water partition coefficient (Wildman–Crippen LogP) is 2.45. The van der Waals surface area contributed by atoms with E-state index in [1.54, 1.807) is 0 Å². The van der Waals surface area contributed by atoms with E-state index in [1.165, 1.54) is 18.2 Å². The van der Waals surface area contributed by atoms with Gasteiger partial charge >= 0.3 is 12.1 Å². The van der Waals surface area contributed by atoms with E-state index < -0.39 is 24.9 Å². The largest absolute Gasteiger partial charge is 0.489 e. The van der Waals surface area contributed by atoms with Crippen LogP contribution in [0.3, 0.4) is 0 Å². The van der Waals surface area contributed by atoms with Gasteiger partial charge in [-0.15, -0.1) is 0 Å². The maximum Gasteiger partial charge on any atom is 0.417 e. The van der Waals surface area contributed by atoms with Crippen molar-refractivity contribution in [1.29, 1.82) is 0 Å². The molecule has 1 aromatic rings. The molecule has 0 aliphatic rings. The van der Waals surface area contributed by atoms with Crippen molar-refractivity contribution in [3.63, 3.8) is 0 Å². The molecule has 0 bridgehead atoms. The fraction of sp³-hybridized carbons (Fsp3) is 0.300. The van der Waals surface area contributed by atoms with Crippen LogP contribution in [0.25, 0.3) is 0 Å². The van der Waals surface area contributed by atoms with Crippen molar-refractivity contribution in [2.24, 2.45) is 0 Å². The molecule has 0 aliphatic heterocycles. The summed E-state index contributed by atoms with van der Waals surface area (Å²) in [5.41, 5.74) is -0.0365. The molecular formula is C10H8BrF3O4. The number of carboxylic acid groups (broad SMARTS) is 1. The first-order valence-electron chi connectivity index (χ1n) is 4.62. The van der Waals surface area contributed by atoms with E-state index in [4.69, 9.17) is 14.9 Å². The average molecular weight is 329 g/mol. The fourth-order valence-corrected chi connectivity index (χ4v) is 1.51. The lowest BCUT2D eigenvalue weighted by molar-refractivity contribution is -0.210. The van der Waals surface area contributed by atoms with Crippen LogP contribution in [0.5, 0.6) is 5.75 Å². The minimum absolute atomic E-state index is 0.0169. The monoisotopic (exact) mass is 328 g/mol. The minimum Gasteiger partial charge on any atom is -0.489 e. The van der Waals surface area contributed by atoms with Crippen molar-refractivity contribution in [1.82, 2.24) is 0 Å². The van der Waals surface area contributed by atoms with Crippen LogP contribution in [-0.4, -0.2) is 35.1 Å². The third-order valence-electron chi connectivity index (χ3n) is 1.95. The summed E-state index contributed by atoms with van der Waals surface area (Å²) in [6.07, 6.45) is -7.35. The quantitative estimate of drug-likeness (QED) is 0.891. The van der Waals surface area contributed by atoms with E-state index in [2.05, 4.69) is 15.9 Å². The number of carbonyl (C=O) groups is 1. The van der Waals surface area contributed by atoms with Crippen molar-refractivity contribution in [2.75, 3.05) is 6.61 Å². The van der Waals surface area contributed by atoms with Crippen LogP contribution in [0.1, 0.15) is 10.4 Å².